The Kier molecular flexibility index (Phi) is 9.37. The van der Waals surface area contributed by atoms with Crippen molar-refractivity contribution >= 4 is 57.2 Å². The molecule has 2 heterocycles. The van der Waals surface area contributed by atoms with Crippen LogP contribution >= 0.6 is 0 Å². The Labute approximate surface area is 419 Å². The number of hydrogen-bond donors (Lipinski definition) is 0. The molecule has 7 aromatic rings. The number of rotatable bonds is 5. The van der Waals surface area contributed by atoms with E-state index >= 15 is 0 Å². The molecule has 11 rings (SSSR count). The van der Waals surface area contributed by atoms with Crippen LogP contribution in [0.2, 0.25) is 0 Å². The highest BCUT2D eigenvalue weighted by Crippen LogP contribution is 2.53. The molecule has 0 radical (unpaired) electrons. The van der Waals surface area contributed by atoms with Crippen LogP contribution in [0, 0.1) is 6.85 Å². The summed E-state index contributed by atoms with van der Waals surface area (Å²) in [5.41, 5.74) is 21.2. The smallest absolute Gasteiger partial charge is 0.252 e. The van der Waals surface area contributed by atoms with Gasteiger partial charge in [0.2, 0.25) is 0 Å². The summed E-state index contributed by atoms with van der Waals surface area (Å²) in [6.45, 7) is 28.3. The van der Waals surface area contributed by atoms with Crippen molar-refractivity contribution in [2.45, 2.75) is 155 Å². The van der Waals surface area contributed by atoms with E-state index in [-0.39, 0.29) is 39.2 Å². The molecule has 0 saturated heterocycles. The maximum atomic E-state index is 9.25. The lowest BCUT2D eigenvalue weighted by molar-refractivity contribution is 0.332. The topological polar surface area (TPSA) is 6.48 Å². The molecule has 0 amide bonds. The van der Waals surface area contributed by atoms with E-state index in [2.05, 4.69) is 227 Å². The molecular formula is C66H73BN2. The van der Waals surface area contributed by atoms with Crippen molar-refractivity contribution in [1.82, 2.24) is 0 Å². The zero-order valence-corrected chi connectivity index (χ0v) is 43.6. The van der Waals surface area contributed by atoms with Gasteiger partial charge in [-0.1, -0.05) is 181 Å². The van der Waals surface area contributed by atoms with Crippen LogP contribution in [0.3, 0.4) is 0 Å². The summed E-state index contributed by atoms with van der Waals surface area (Å²) in [6.07, 6.45) is 4.42. The van der Waals surface area contributed by atoms with Crippen molar-refractivity contribution in [1.29, 1.82) is 0 Å². The molecule has 2 aliphatic carbocycles. The van der Waals surface area contributed by atoms with Crippen LogP contribution in [0.5, 0.6) is 0 Å². The van der Waals surface area contributed by atoms with Crippen LogP contribution < -0.4 is 26.2 Å². The van der Waals surface area contributed by atoms with Gasteiger partial charge in [-0.25, -0.2) is 0 Å². The molecule has 350 valence electrons. The summed E-state index contributed by atoms with van der Waals surface area (Å²) < 4.78 is 27.8. The molecule has 2 nitrogen and oxygen atoms in total. The summed E-state index contributed by atoms with van der Waals surface area (Å²) in [4.78, 5) is 4.92. The van der Waals surface area contributed by atoms with Crippen molar-refractivity contribution in [3.05, 3.63) is 184 Å². The SMILES string of the molecule is [2H]C([2H])([2H])c1cc2c3c(c1)N(c1ccc(C(C)(C)C)cc1-c1ccccc1)c1ccc(C(C)(C)c4ccccc4)cc1B3c1cc3c(cc1N2c1ccc2c(c1)C(C)(C)CCC2(C)C)C(C)(C)CCC3(C)C. The first kappa shape index (κ1) is 42.1. The third-order valence-electron chi connectivity index (χ3n) is 17.5. The lowest BCUT2D eigenvalue weighted by Crippen LogP contribution is -2.62. The van der Waals surface area contributed by atoms with Gasteiger partial charge < -0.3 is 9.80 Å². The molecule has 0 N–H and O–H groups in total. The summed E-state index contributed by atoms with van der Waals surface area (Å²) >= 11 is 0. The first-order chi connectivity index (χ1) is 33.7. The molecule has 3 heteroatoms. The number of fused-ring (bicyclic) bond motifs is 6. The van der Waals surface area contributed by atoms with Gasteiger partial charge in [0.25, 0.3) is 6.71 Å². The maximum Gasteiger partial charge on any atom is 0.252 e. The van der Waals surface area contributed by atoms with Crippen LogP contribution in [-0.2, 0) is 32.5 Å². The van der Waals surface area contributed by atoms with E-state index in [0.717, 1.165) is 76.4 Å². The Bertz CT molecular complexity index is 3310. The van der Waals surface area contributed by atoms with Gasteiger partial charge in [-0.05, 0) is 175 Å². The first-order valence-corrected chi connectivity index (χ1v) is 25.7. The van der Waals surface area contributed by atoms with Crippen LogP contribution in [0.25, 0.3) is 11.1 Å². The van der Waals surface area contributed by atoms with Gasteiger partial charge in [-0.2, -0.15) is 0 Å². The van der Waals surface area contributed by atoms with E-state index in [0.29, 0.717) is 5.56 Å². The summed E-state index contributed by atoms with van der Waals surface area (Å²) in [5, 5.41) is 0. The fourth-order valence-corrected chi connectivity index (χ4v) is 12.8. The normalized spacial score (nSPS) is 19.0. The molecule has 0 saturated carbocycles. The number of nitrogens with zero attached hydrogens (tertiary/aromatic N) is 2. The van der Waals surface area contributed by atoms with E-state index in [1.807, 2.05) is 12.1 Å². The number of benzene rings is 7. The molecule has 2 aliphatic heterocycles. The fourth-order valence-electron chi connectivity index (χ4n) is 12.8. The maximum absolute atomic E-state index is 9.25. The van der Waals surface area contributed by atoms with Crippen LogP contribution in [-0.4, -0.2) is 6.71 Å². The van der Waals surface area contributed by atoms with Gasteiger partial charge >= 0.3 is 0 Å². The third kappa shape index (κ3) is 7.18. The highest BCUT2D eigenvalue weighted by atomic mass is 15.2. The van der Waals surface area contributed by atoms with Gasteiger partial charge in [-0.3, -0.25) is 0 Å². The molecule has 0 bridgehead atoms. The zero-order valence-electron chi connectivity index (χ0n) is 46.6. The Morgan fingerprint density at radius 1 is 0.449 bits per heavy atom. The van der Waals surface area contributed by atoms with Crippen LogP contribution in [0.15, 0.2) is 140 Å². The lowest BCUT2D eigenvalue weighted by atomic mass is 9.33. The van der Waals surface area contributed by atoms with E-state index in [1.54, 1.807) is 0 Å². The van der Waals surface area contributed by atoms with Crippen LogP contribution in [0.1, 0.15) is 164 Å². The standard InChI is InChI=1S/C66H73BN2/c1-42-35-58-60-59(36-42)69(55-29-25-45(61(2,3)4)37-48(55)43-21-17-15-18-22-43)56-30-26-46(66(13,14)44-23-19-16-20-24-44)38-53(56)67(60)54-40-51-52(65(11,12)34-33-64(51,9)10)41-57(54)68(58)47-27-28-49-50(39-47)63(7,8)32-31-62(49,5)6/h15-30,35-41H,31-34H2,1-14H3/i1D3. The Hall–Kier alpha value is -5.80. The van der Waals surface area contributed by atoms with E-state index in [9.17, 15) is 4.11 Å². The average molecular weight is 908 g/mol. The summed E-state index contributed by atoms with van der Waals surface area (Å²) in [7, 11) is 0. The summed E-state index contributed by atoms with van der Waals surface area (Å²) in [6, 6.07) is 52.2. The van der Waals surface area contributed by atoms with Gasteiger partial charge in [0.05, 0.1) is 5.69 Å². The van der Waals surface area contributed by atoms with Crippen molar-refractivity contribution in [3.8, 4) is 11.1 Å². The second-order valence-corrected chi connectivity index (χ2v) is 25.4. The second-order valence-electron chi connectivity index (χ2n) is 25.4. The molecule has 4 aliphatic rings. The van der Waals surface area contributed by atoms with E-state index in [4.69, 9.17) is 0 Å². The molecule has 69 heavy (non-hydrogen) atoms. The van der Waals surface area contributed by atoms with Crippen molar-refractivity contribution in [2.75, 3.05) is 9.80 Å². The number of aryl methyl sites for hydroxylation is 1. The highest BCUT2D eigenvalue weighted by molar-refractivity contribution is 7.00. The van der Waals surface area contributed by atoms with E-state index in [1.165, 1.54) is 49.9 Å². The molecule has 0 spiro atoms. The van der Waals surface area contributed by atoms with Gasteiger partial charge in [0.15, 0.2) is 0 Å². The predicted molar refractivity (Wildman–Crippen MR) is 298 cm³/mol. The number of anilines is 6. The minimum absolute atomic E-state index is 0.0331. The second kappa shape index (κ2) is 15.4. The number of hydrogen-bond acceptors (Lipinski definition) is 2. The quantitative estimate of drug-likeness (QED) is 0.159. The minimum Gasteiger partial charge on any atom is -0.311 e. The fraction of sp³-hybridized carbons (Fsp3) is 0.364. The molecule has 0 atom stereocenters. The van der Waals surface area contributed by atoms with Gasteiger partial charge in [-0.15, -0.1) is 0 Å². The molecule has 0 aromatic heterocycles. The highest BCUT2D eigenvalue weighted by Gasteiger charge is 2.48. The average Bonchev–Trinajstić information content (AvgIpc) is 3.33. The third-order valence-corrected chi connectivity index (χ3v) is 17.5. The largest absolute Gasteiger partial charge is 0.311 e. The molecule has 0 unspecified atom stereocenters. The first-order valence-electron chi connectivity index (χ1n) is 27.2. The molecule has 7 aromatic carbocycles. The Morgan fingerprint density at radius 2 is 0.986 bits per heavy atom. The zero-order chi connectivity index (χ0) is 51.3. The van der Waals surface area contributed by atoms with Crippen molar-refractivity contribution < 1.29 is 4.11 Å². The van der Waals surface area contributed by atoms with Crippen molar-refractivity contribution in [3.63, 3.8) is 0 Å². The Balaban J connectivity index is 1.30. The minimum atomic E-state index is -2.38. The summed E-state index contributed by atoms with van der Waals surface area (Å²) in [5.74, 6) is 0. The molecule has 0 fully saturated rings. The lowest BCUT2D eigenvalue weighted by Gasteiger charge is -2.48. The van der Waals surface area contributed by atoms with E-state index < -0.39 is 6.85 Å². The van der Waals surface area contributed by atoms with Crippen molar-refractivity contribution in [2.24, 2.45) is 0 Å². The monoisotopic (exact) mass is 908 g/mol. The molecular weight excluding hydrogens is 832 g/mol. The van der Waals surface area contributed by atoms with Gasteiger partial charge in [0, 0.05) is 43.5 Å². The van der Waals surface area contributed by atoms with Crippen LogP contribution in [0.4, 0.5) is 34.1 Å². The van der Waals surface area contributed by atoms with Gasteiger partial charge in [0.1, 0.15) is 0 Å². The predicted octanol–water partition coefficient (Wildman–Crippen LogP) is 16.1. The Morgan fingerprint density at radius 3 is 1.61 bits per heavy atom.